The van der Waals surface area contributed by atoms with Gasteiger partial charge in [0.05, 0.1) is 35.2 Å². The zero-order valence-corrected chi connectivity index (χ0v) is 17.6. The number of carbonyl (C=O) groups excluding carboxylic acids is 2. The summed E-state index contributed by atoms with van der Waals surface area (Å²) in [5.41, 5.74) is 2.89. The van der Waals surface area contributed by atoms with Crippen molar-refractivity contribution in [1.82, 2.24) is 4.90 Å². The highest BCUT2D eigenvalue weighted by atomic mass is 35.5. The summed E-state index contributed by atoms with van der Waals surface area (Å²) in [5.74, 6) is -0.355. The first-order chi connectivity index (χ1) is 15.1. The van der Waals surface area contributed by atoms with Crippen molar-refractivity contribution >= 4 is 40.5 Å². The number of carbonyl (C=O) groups is 2. The molecule has 0 bridgehead atoms. The van der Waals surface area contributed by atoms with Crippen molar-refractivity contribution in [2.45, 2.75) is 0 Å². The number of morpholine rings is 1. The van der Waals surface area contributed by atoms with Gasteiger partial charge in [-0.15, -0.1) is 0 Å². The van der Waals surface area contributed by atoms with Gasteiger partial charge >= 0.3 is 0 Å². The highest BCUT2D eigenvalue weighted by molar-refractivity contribution is 6.33. The molecule has 4 rings (SSSR count). The Labute approximate surface area is 185 Å². The fourth-order valence-electron chi connectivity index (χ4n) is 3.38. The van der Waals surface area contributed by atoms with Crippen LogP contribution in [0.2, 0.25) is 5.02 Å². The second-order valence-electron chi connectivity index (χ2n) is 7.09. The number of benzene rings is 3. The van der Waals surface area contributed by atoms with E-state index in [1.807, 2.05) is 30.3 Å². The minimum Gasteiger partial charge on any atom is -0.378 e. The van der Waals surface area contributed by atoms with E-state index in [1.165, 1.54) is 0 Å². The molecular weight excluding hydrogens is 414 g/mol. The summed E-state index contributed by atoms with van der Waals surface area (Å²) in [7, 11) is 0. The number of ether oxygens (including phenoxy) is 1. The van der Waals surface area contributed by atoms with Crippen LogP contribution in [0.15, 0.2) is 72.8 Å². The van der Waals surface area contributed by atoms with E-state index in [2.05, 4.69) is 10.6 Å². The molecule has 0 saturated carbocycles. The van der Waals surface area contributed by atoms with Crippen LogP contribution in [0.4, 0.5) is 17.1 Å². The molecule has 0 radical (unpaired) electrons. The highest BCUT2D eigenvalue weighted by Crippen LogP contribution is 2.27. The van der Waals surface area contributed by atoms with Crippen LogP contribution in [0.5, 0.6) is 0 Å². The van der Waals surface area contributed by atoms with E-state index in [0.29, 0.717) is 59.5 Å². The molecule has 2 N–H and O–H groups in total. The second-order valence-corrected chi connectivity index (χ2v) is 7.50. The van der Waals surface area contributed by atoms with Crippen LogP contribution in [-0.2, 0) is 4.74 Å². The molecule has 1 heterocycles. The summed E-state index contributed by atoms with van der Waals surface area (Å²) in [6.45, 7) is 2.21. The predicted octanol–water partition coefficient (Wildman–Crippen LogP) is 4.81. The molecule has 0 aliphatic carbocycles. The maximum absolute atomic E-state index is 13.0. The third-order valence-electron chi connectivity index (χ3n) is 4.98. The molecule has 2 amide bonds. The average molecular weight is 436 g/mol. The fourth-order valence-corrected chi connectivity index (χ4v) is 3.56. The smallest absolute Gasteiger partial charge is 0.257 e. The van der Waals surface area contributed by atoms with Gasteiger partial charge in [-0.1, -0.05) is 41.9 Å². The zero-order valence-electron chi connectivity index (χ0n) is 16.8. The zero-order chi connectivity index (χ0) is 21.6. The van der Waals surface area contributed by atoms with Gasteiger partial charge < -0.3 is 20.3 Å². The number of para-hydroxylation sites is 2. The Morgan fingerprint density at radius 2 is 1.58 bits per heavy atom. The van der Waals surface area contributed by atoms with Gasteiger partial charge in [-0.25, -0.2) is 0 Å². The molecule has 1 saturated heterocycles. The van der Waals surface area contributed by atoms with Crippen LogP contribution in [0, 0.1) is 0 Å². The number of nitrogens with zero attached hydrogens (tertiary/aromatic N) is 1. The number of halogens is 1. The molecule has 7 heteroatoms. The largest absolute Gasteiger partial charge is 0.378 e. The Morgan fingerprint density at radius 1 is 0.871 bits per heavy atom. The first-order valence-corrected chi connectivity index (χ1v) is 10.4. The summed E-state index contributed by atoms with van der Waals surface area (Å²) < 4.78 is 5.31. The van der Waals surface area contributed by atoms with E-state index >= 15 is 0 Å². The monoisotopic (exact) mass is 435 g/mol. The molecule has 6 nitrogen and oxygen atoms in total. The minimum absolute atomic E-state index is 0.0693. The first kappa shape index (κ1) is 20.9. The van der Waals surface area contributed by atoms with Gasteiger partial charge in [0, 0.05) is 24.3 Å². The third kappa shape index (κ3) is 5.05. The fraction of sp³-hybridized carbons (Fsp3) is 0.167. The molecule has 0 unspecified atom stereocenters. The van der Waals surface area contributed by atoms with Gasteiger partial charge in [-0.2, -0.15) is 0 Å². The van der Waals surface area contributed by atoms with Crippen molar-refractivity contribution in [2.75, 3.05) is 36.9 Å². The maximum atomic E-state index is 13.0. The lowest BCUT2D eigenvalue weighted by molar-refractivity contribution is 0.0303. The number of anilines is 3. The van der Waals surface area contributed by atoms with Crippen molar-refractivity contribution in [1.29, 1.82) is 0 Å². The average Bonchev–Trinajstić information content (AvgIpc) is 2.81. The molecule has 1 aliphatic rings. The normalized spacial score (nSPS) is 13.5. The molecule has 1 fully saturated rings. The molecule has 3 aromatic rings. The molecule has 31 heavy (non-hydrogen) atoms. The predicted molar refractivity (Wildman–Crippen MR) is 122 cm³/mol. The Hall–Kier alpha value is -3.35. The van der Waals surface area contributed by atoms with Crippen LogP contribution in [0.3, 0.4) is 0 Å². The van der Waals surface area contributed by atoms with Crippen molar-refractivity contribution < 1.29 is 14.3 Å². The van der Waals surface area contributed by atoms with E-state index in [0.717, 1.165) is 0 Å². The summed E-state index contributed by atoms with van der Waals surface area (Å²) in [4.78, 5) is 27.5. The number of hydrogen-bond acceptors (Lipinski definition) is 4. The lowest BCUT2D eigenvalue weighted by Crippen LogP contribution is -2.40. The van der Waals surface area contributed by atoms with E-state index in [9.17, 15) is 9.59 Å². The van der Waals surface area contributed by atoms with Crippen molar-refractivity contribution in [2.24, 2.45) is 0 Å². The number of rotatable bonds is 5. The first-order valence-electron chi connectivity index (χ1n) is 10.0. The van der Waals surface area contributed by atoms with Crippen LogP contribution in [-0.4, -0.2) is 43.0 Å². The molecular formula is C24H22ClN3O3. The number of hydrogen-bond donors (Lipinski definition) is 2. The Kier molecular flexibility index (Phi) is 6.50. The van der Waals surface area contributed by atoms with Crippen molar-refractivity contribution in [3.05, 3.63) is 88.9 Å². The molecule has 3 aromatic carbocycles. The number of nitrogens with one attached hydrogen (secondary N) is 2. The Bertz CT molecular complexity index is 1100. The van der Waals surface area contributed by atoms with Crippen LogP contribution in [0.1, 0.15) is 20.7 Å². The maximum Gasteiger partial charge on any atom is 0.257 e. The van der Waals surface area contributed by atoms with Gasteiger partial charge in [0.15, 0.2) is 0 Å². The molecule has 0 spiro atoms. The van der Waals surface area contributed by atoms with Gasteiger partial charge in [-0.05, 0) is 42.5 Å². The van der Waals surface area contributed by atoms with Crippen LogP contribution < -0.4 is 10.6 Å². The molecule has 1 aliphatic heterocycles. The SMILES string of the molecule is O=C(Nc1cccc(C(=O)N2CCOCC2)c1)c1ccccc1Nc1ccccc1Cl. The van der Waals surface area contributed by atoms with E-state index in [4.69, 9.17) is 16.3 Å². The highest BCUT2D eigenvalue weighted by Gasteiger charge is 2.19. The Morgan fingerprint density at radius 3 is 2.35 bits per heavy atom. The summed E-state index contributed by atoms with van der Waals surface area (Å²) in [5, 5.41) is 6.67. The van der Waals surface area contributed by atoms with Gasteiger partial charge in [0.25, 0.3) is 11.8 Å². The standard InChI is InChI=1S/C24H22ClN3O3/c25-20-9-2-4-11-22(20)27-21-10-3-1-8-19(21)23(29)26-18-7-5-6-17(16-18)24(30)28-12-14-31-15-13-28/h1-11,16,27H,12-15H2,(H,26,29). The van der Waals surface area contributed by atoms with Gasteiger partial charge in [0.2, 0.25) is 0 Å². The van der Waals surface area contributed by atoms with Gasteiger partial charge in [0.1, 0.15) is 0 Å². The van der Waals surface area contributed by atoms with Crippen LogP contribution in [0.25, 0.3) is 0 Å². The van der Waals surface area contributed by atoms with E-state index in [1.54, 1.807) is 47.4 Å². The lowest BCUT2D eigenvalue weighted by Gasteiger charge is -2.27. The number of amides is 2. The van der Waals surface area contributed by atoms with Crippen LogP contribution >= 0.6 is 11.6 Å². The van der Waals surface area contributed by atoms with Crippen molar-refractivity contribution in [3.8, 4) is 0 Å². The lowest BCUT2D eigenvalue weighted by atomic mass is 10.1. The summed E-state index contributed by atoms with van der Waals surface area (Å²) in [6, 6.07) is 21.5. The summed E-state index contributed by atoms with van der Waals surface area (Å²) >= 11 is 6.24. The third-order valence-corrected chi connectivity index (χ3v) is 5.31. The van der Waals surface area contributed by atoms with Gasteiger partial charge in [-0.3, -0.25) is 9.59 Å². The summed E-state index contributed by atoms with van der Waals surface area (Å²) in [6.07, 6.45) is 0. The topological polar surface area (TPSA) is 70.7 Å². The second kappa shape index (κ2) is 9.64. The molecule has 0 atom stereocenters. The van der Waals surface area contributed by atoms with E-state index in [-0.39, 0.29) is 11.8 Å². The Balaban J connectivity index is 1.51. The molecule has 158 valence electrons. The quantitative estimate of drug-likeness (QED) is 0.603. The van der Waals surface area contributed by atoms with E-state index < -0.39 is 0 Å². The van der Waals surface area contributed by atoms with Crippen molar-refractivity contribution in [3.63, 3.8) is 0 Å². The molecule has 0 aromatic heterocycles. The minimum atomic E-state index is -0.286.